The van der Waals surface area contributed by atoms with E-state index in [1.54, 1.807) is 24.3 Å². The first kappa shape index (κ1) is 16.6. The minimum atomic E-state index is -0.213. The van der Waals surface area contributed by atoms with Gasteiger partial charge in [0.1, 0.15) is 0 Å². The summed E-state index contributed by atoms with van der Waals surface area (Å²) in [5.41, 5.74) is 3.78. The van der Waals surface area contributed by atoms with Crippen molar-refractivity contribution < 1.29 is 9.59 Å². The van der Waals surface area contributed by atoms with Gasteiger partial charge < -0.3 is 15.5 Å². The second-order valence-corrected chi connectivity index (χ2v) is 7.12. The molecule has 2 aliphatic rings. The van der Waals surface area contributed by atoms with Crippen LogP contribution in [0.2, 0.25) is 0 Å². The molecule has 0 spiro atoms. The summed E-state index contributed by atoms with van der Waals surface area (Å²) in [6.07, 6.45) is 4.03. The molecule has 0 heterocycles. The Bertz CT molecular complexity index is 845. The van der Waals surface area contributed by atoms with Crippen molar-refractivity contribution in [2.24, 2.45) is 0 Å². The second kappa shape index (κ2) is 6.83. The van der Waals surface area contributed by atoms with Crippen LogP contribution in [0.15, 0.2) is 48.5 Å². The Labute approximate surface area is 153 Å². The van der Waals surface area contributed by atoms with Crippen molar-refractivity contribution in [1.29, 1.82) is 0 Å². The topological polar surface area (TPSA) is 61.4 Å². The van der Waals surface area contributed by atoms with E-state index in [1.807, 2.05) is 24.1 Å². The summed E-state index contributed by atoms with van der Waals surface area (Å²) >= 11 is 0. The van der Waals surface area contributed by atoms with Crippen molar-refractivity contribution in [2.45, 2.75) is 37.8 Å². The Hall–Kier alpha value is -2.82. The van der Waals surface area contributed by atoms with E-state index in [0.29, 0.717) is 17.3 Å². The Morgan fingerprint density at radius 2 is 1.85 bits per heavy atom. The number of nitrogens with zero attached hydrogens (tertiary/aromatic N) is 1. The average Bonchev–Trinajstić information content (AvgIpc) is 3.35. The first-order valence-electron chi connectivity index (χ1n) is 9.14. The number of urea groups is 1. The van der Waals surface area contributed by atoms with Crippen LogP contribution in [-0.2, 0) is 6.42 Å². The third-order valence-electron chi connectivity index (χ3n) is 5.17. The number of anilines is 1. The summed E-state index contributed by atoms with van der Waals surface area (Å²) in [5, 5.41) is 5.70. The van der Waals surface area contributed by atoms with Crippen LogP contribution in [0.4, 0.5) is 10.5 Å². The van der Waals surface area contributed by atoms with Crippen LogP contribution in [0.25, 0.3) is 0 Å². The van der Waals surface area contributed by atoms with Crippen LogP contribution in [0.5, 0.6) is 0 Å². The van der Waals surface area contributed by atoms with E-state index in [-0.39, 0.29) is 18.0 Å². The molecule has 2 aliphatic carbocycles. The van der Waals surface area contributed by atoms with Gasteiger partial charge in [-0.1, -0.05) is 30.3 Å². The summed E-state index contributed by atoms with van der Waals surface area (Å²) in [7, 11) is 1.86. The highest BCUT2D eigenvalue weighted by Gasteiger charge is 2.29. The number of hydrogen-bond donors (Lipinski definition) is 2. The Kier molecular flexibility index (Phi) is 4.37. The summed E-state index contributed by atoms with van der Waals surface area (Å²) in [4.78, 5) is 26.7. The molecule has 5 heteroatoms. The number of amides is 3. The fraction of sp³-hybridized carbons (Fsp3) is 0.333. The van der Waals surface area contributed by atoms with Gasteiger partial charge in [0, 0.05) is 24.3 Å². The lowest BCUT2D eigenvalue weighted by molar-refractivity contribution is 0.0730. The van der Waals surface area contributed by atoms with E-state index in [0.717, 1.165) is 25.7 Å². The van der Waals surface area contributed by atoms with E-state index < -0.39 is 0 Å². The number of carbonyl (C=O) groups is 2. The quantitative estimate of drug-likeness (QED) is 0.883. The third kappa shape index (κ3) is 3.43. The van der Waals surface area contributed by atoms with Crippen molar-refractivity contribution in [3.8, 4) is 0 Å². The predicted molar refractivity (Wildman–Crippen MR) is 101 cm³/mol. The normalized spacial score (nSPS) is 18.1. The number of benzene rings is 2. The van der Waals surface area contributed by atoms with E-state index in [4.69, 9.17) is 0 Å². The maximum Gasteiger partial charge on any atom is 0.319 e. The van der Waals surface area contributed by atoms with Crippen molar-refractivity contribution >= 4 is 17.6 Å². The molecule has 0 radical (unpaired) electrons. The summed E-state index contributed by atoms with van der Waals surface area (Å²) in [6, 6.07) is 15.6. The Morgan fingerprint density at radius 1 is 1.04 bits per heavy atom. The van der Waals surface area contributed by atoms with Gasteiger partial charge in [-0.05, 0) is 55.0 Å². The lowest BCUT2D eigenvalue weighted by Gasteiger charge is -2.25. The van der Waals surface area contributed by atoms with Crippen molar-refractivity contribution in [1.82, 2.24) is 10.2 Å². The number of carbonyl (C=O) groups excluding carboxylic acids is 2. The van der Waals surface area contributed by atoms with E-state index in [1.165, 1.54) is 11.1 Å². The standard InChI is InChI=1S/C21H23N3O2/c1-24(19-12-9-14-5-2-3-8-18(14)19)20(25)15-6-4-7-17(13-15)23-21(26)22-16-10-11-16/h2-8,13,16,19H,9-12H2,1H3,(H2,22,23,26)/t19-/m1/s1. The molecule has 4 rings (SSSR count). The lowest BCUT2D eigenvalue weighted by atomic mass is 10.1. The minimum absolute atomic E-state index is 0.0297. The van der Waals surface area contributed by atoms with E-state index >= 15 is 0 Å². The molecule has 134 valence electrons. The SMILES string of the molecule is CN(C(=O)c1cccc(NC(=O)NC2CC2)c1)[C@@H]1CCc2ccccc21. The maximum absolute atomic E-state index is 13.0. The molecule has 0 bridgehead atoms. The van der Waals surface area contributed by atoms with Gasteiger partial charge in [0.2, 0.25) is 0 Å². The second-order valence-electron chi connectivity index (χ2n) is 7.12. The summed E-state index contributed by atoms with van der Waals surface area (Å²) < 4.78 is 0. The van der Waals surface area contributed by atoms with Gasteiger partial charge in [-0.2, -0.15) is 0 Å². The van der Waals surface area contributed by atoms with Gasteiger partial charge in [0.15, 0.2) is 0 Å². The van der Waals surface area contributed by atoms with Crippen LogP contribution < -0.4 is 10.6 Å². The first-order chi connectivity index (χ1) is 12.6. The molecule has 2 N–H and O–H groups in total. The Morgan fingerprint density at radius 3 is 2.65 bits per heavy atom. The Balaban J connectivity index is 1.47. The molecule has 3 amide bonds. The van der Waals surface area contributed by atoms with E-state index in [2.05, 4.69) is 22.8 Å². The fourth-order valence-electron chi connectivity index (χ4n) is 3.59. The van der Waals surface area contributed by atoms with Crippen molar-refractivity contribution in [2.75, 3.05) is 12.4 Å². The highest BCUT2D eigenvalue weighted by molar-refractivity contribution is 5.97. The zero-order valence-electron chi connectivity index (χ0n) is 14.9. The number of hydrogen-bond acceptors (Lipinski definition) is 2. The monoisotopic (exact) mass is 349 g/mol. The van der Waals surface area contributed by atoms with Crippen LogP contribution in [0.1, 0.15) is 46.8 Å². The van der Waals surface area contributed by atoms with Crippen LogP contribution in [-0.4, -0.2) is 29.9 Å². The summed E-state index contributed by atoms with van der Waals surface area (Å²) in [6.45, 7) is 0. The summed E-state index contributed by atoms with van der Waals surface area (Å²) in [5.74, 6) is -0.0297. The number of aryl methyl sites for hydroxylation is 1. The van der Waals surface area contributed by atoms with Gasteiger partial charge in [0.25, 0.3) is 5.91 Å². The number of nitrogens with one attached hydrogen (secondary N) is 2. The first-order valence-corrected chi connectivity index (χ1v) is 9.14. The van der Waals surface area contributed by atoms with Gasteiger partial charge in [-0.3, -0.25) is 4.79 Å². The van der Waals surface area contributed by atoms with Crippen molar-refractivity contribution in [3.05, 3.63) is 65.2 Å². The molecule has 0 aromatic heterocycles. The largest absolute Gasteiger partial charge is 0.335 e. The zero-order chi connectivity index (χ0) is 18.1. The molecule has 5 nitrogen and oxygen atoms in total. The molecule has 0 aliphatic heterocycles. The van der Waals surface area contributed by atoms with Crippen molar-refractivity contribution in [3.63, 3.8) is 0 Å². The molecule has 0 unspecified atom stereocenters. The van der Waals surface area contributed by atoms with Gasteiger partial charge >= 0.3 is 6.03 Å². The van der Waals surface area contributed by atoms with Crippen LogP contribution >= 0.6 is 0 Å². The van der Waals surface area contributed by atoms with Gasteiger partial charge in [-0.25, -0.2) is 4.79 Å². The molecule has 1 atom stereocenters. The van der Waals surface area contributed by atoms with Crippen LogP contribution in [0.3, 0.4) is 0 Å². The van der Waals surface area contributed by atoms with Gasteiger partial charge in [0.05, 0.1) is 6.04 Å². The third-order valence-corrected chi connectivity index (χ3v) is 5.17. The molecule has 26 heavy (non-hydrogen) atoms. The highest BCUT2D eigenvalue weighted by atomic mass is 16.2. The number of rotatable bonds is 4. The highest BCUT2D eigenvalue weighted by Crippen LogP contribution is 2.35. The minimum Gasteiger partial charge on any atom is -0.335 e. The molecule has 0 saturated heterocycles. The fourth-order valence-corrected chi connectivity index (χ4v) is 3.59. The molecular weight excluding hydrogens is 326 g/mol. The average molecular weight is 349 g/mol. The molecule has 1 fully saturated rings. The van der Waals surface area contributed by atoms with Crippen LogP contribution in [0, 0.1) is 0 Å². The number of fused-ring (bicyclic) bond motifs is 1. The predicted octanol–water partition coefficient (Wildman–Crippen LogP) is 3.73. The lowest BCUT2D eigenvalue weighted by Crippen LogP contribution is -2.31. The molecule has 2 aromatic rings. The maximum atomic E-state index is 13.0. The molecule has 1 saturated carbocycles. The zero-order valence-corrected chi connectivity index (χ0v) is 14.9. The van der Waals surface area contributed by atoms with E-state index in [9.17, 15) is 9.59 Å². The molecular formula is C21H23N3O2. The smallest absolute Gasteiger partial charge is 0.319 e. The van der Waals surface area contributed by atoms with Gasteiger partial charge in [-0.15, -0.1) is 0 Å². The molecule has 2 aromatic carbocycles.